The number of amides is 2. The van der Waals surface area contributed by atoms with Gasteiger partial charge in [0.2, 0.25) is 11.5 Å². The van der Waals surface area contributed by atoms with Crippen molar-refractivity contribution in [3.05, 3.63) is 71.3 Å². The molecular formula is C29H23F5N4O6. The third-order valence-corrected chi connectivity index (χ3v) is 8.00. The number of primary amides is 1. The molecule has 0 bridgehead atoms. The van der Waals surface area contributed by atoms with Crippen molar-refractivity contribution >= 4 is 22.7 Å². The number of benzene rings is 2. The first-order valence-electron chi connectivity index (χ1n) is 13.0. The Labute approximate surface area is 244 Å². The van der Waals surface area contributed by atoms with Crippen molar-refractivity contribution in [2.24, 2.45) is 5.73 Å². The fraction of sp³-hybridized carbons (Fsp3) is 0.276. The van der Waals surface area contributed by atoms with E-state index < -0.39 is 59.3 Å². The number of aromatic nitrogens is 2. The zero-order valence-corrected chi connectivity index (χ0v) is 22.9. The van der Waals surface area contributed by atoms with Gasteiger partial charge in [-0.2, -0.15) is 13.2 Å². The van der Waals surface area contributed by atoms with Crippen LogP contribution in [0, 0.1) is 5.82 Å². The number of H-pyrrole nitrogens is 1. The maximum Gasteiger partial charge on any atom is 0.424 e. The molecule has 5 N–H and O–H groups in total. The molecule has 0 spiro atoms. The summed E-state index contributed by atoms with van der Waals surface area (Å²) in [5.41, 5.74) is -1.94. The van der Waals surface area contributed by atoms with E-state index in [4.69, 9.17) is 19.9 Å². The summed E-state index contributed by atoms with van der Waals surface area (Å²) in [4.78, 5) is 32.2. The van der Waals surface area contributed by atoms with E-state index in [1.54, 1.807) is 12.1 Å². The molecule has 0 saturated heterocycles. The highest BCUT2D eigenvalue weighted by molar-refractivity contribution is 6.00. The van der Waals surface area contributed by atoms with E-state index in [2.05, 4.69) is 15.3 Å². The predicted molar refractivity (Wildman–Crippen MR) is 144 cm³/mol. The van der Waals surface area contributed by atoms with Crippen LogP contribution in [0.5, 0.6) is 17.2 Å². The molecule has 3 heterocycles. The molecule has 2 amide bonds. The predicted octanol–water partition coefficient (Wildman–Crippen LogP) is 3.40. The number of methoxy groups -OCH3 is 2. The molecule has 1 saturated carbocycles. The van der Waals surface area contributed by atoms with Gasteiger partial charge < -0.3 is 35.4 Å². The van der Waals surface area contributed by atoms with E-state index >= 15 is 0 Å². The van der Waals surface area contributed by atoms with Gasteiger partial charge in [0.05, 0.1) is 32.0 Å². The van der Waals surface area contributed by atoms with Gasteiger partial charge in [0.1, 0.15) is 28.7 Å². The lowest BCUT2D eigenvalue weighted by atomic mass is 9.89. The minimum Gasteiger partial charge on any atom is -0.497 e. The zero-order valence-electron chi connectivity index (χ0n) is 22.9. The number of halogens is 5. The summed E-state index contributed by atoms with van der Waals surface area (Å²) in [6.45, 7) is -1.44. The van der Waals surface area contributed by atoms with Crippen molar-refractivity contribution in [2.45, 2.75) is 29.5 Å². The molecule has 10 nitrogen and oxygen atoms in total. The van der Waals surface area contributed by atoms with Crippen LogP contribution in [0.2, 0.25) is 0 Å². The number of aliphatic hydroxyl groups is 1. The Morgan fingerprint density at radius 1 is 1.14 bits per heavy atom. The van der Waals surface area contributed by atoms with Gasteiger partial charge in [-0.3, -0.25) is 9.59 Å². The molecule has 2 aromatic carbocycles. The number of nitrogens with zero attached hydrogens (tertiary/aromatic N) is 1. The molecule has 2 aromatic heterocycles. The highest BCUT2D eigenvalue weighted by Crippen LogP contribution is 2.62. The Balaban J connectivity index is 1.42. The van der Waals surface area contributed by atoms with E-state index in [9.17, 15) is 36.6 Å². The lowest BCUT2D eigenvalue weighted by Crippen LogP contribution is -2.51. The number of aromatic amines is 1. The van der Waals surface area contributed by atoms with Crippen molar-refractivity contribution in [2.75, 3.05) is 20.8 Å². The first kappa shape index (κ1) is 29.2. The van der Waals surface area contributed by atoms with Gasteiger partial charge in [0.15, 0.2) is 23.4 Å². The lowest BCUT2D eigenvalue weighted by molar-refractivity contribution is -0.265. The molecule has 230 valence electrons. The first-order chi connectivity index (χ1) is 20.8. The Kier molecular flexibility index (Phi) is 6.50. The standard InChI is InChI=1S/C29H23F5N4O6/c1-42-14-7-17-15(19(8-14)43-2)9-18(37-17)25(39)36-11-27(41,29(32,33)34)20-10-16-22(44-24-23(31)28(16,24)26(35)40)21(38-20)12-3-5-13(30)6-4-12/h3-10,23-24,37,41H,11H2,1-2H3,(H2,35,40)(H,36,39)/t23?,24?,27?,28-/m0/s1. The number of carbonyl (C=O) groups is 2. The number of fused-ring (bicyclic) bond motifs is 4. The fourth-order valence-electron chi connectivity index (χ4n) is 5.51. The van der Waals surface area contributed by atoms with Gasteiger partial charge in [-0.1, -0.05) is 0 Å². The van der Waals surface area contributed by atoms with Crippen LogP contribution < -0.4 is 25.3 Å². The number of alkyl halides is 4. The van der Waals surface area contributed by atoms with Gasteiger partial charge in [-0.05, 0) is 36.4 Å². The quantitative estimate of drug-likeness (QED) is 0.221. The maximum atomic E-state index is 14.8. The van der Waals surface area contributed by atoms with Gasteiger partial charge in [-0.25, -0.2) is 13.8 Å². The number of hydrogen-bond donors (Lipinski definition) is 4. The number of carbonyl (C=O) groups excluding carboxylic acids is 2. The van der Waals surface area contributed by atoms with Crippen LogP contribution in [-0.4, -0.2) is 66.1 Å². The fourth-order valence-corrected chi connectivity index (χ4v) is 5.51. The van der Waals surface area contributed by atoms with E-state index in [1.807, 2.05) is 0 Å². The molecule has 6 rings (SSSR count). The number of pyridine rings is 1. The number of rotatable bonds is 8. The summed E-state index contributed by atoms with van der Waals surface area (Å²) < 4.78 is 88.4. The molecule has 4 aromatic rings. The molecule has 15 heteroatoms. The van der Waals surface area contributed by atoms with Crippen LogP contribution >= 0.6 is 0 Å². The largest absolute Gasteiger partial charge is 0.497 e. The van der Waals surface area contributed by atoms with E-state index in [1.165, 1.54) is 32.4 Å². The average molecular weight is 619 g/mol. The zero-order chi connectivity index (χ0) is 31.8. The topological polar surface area (TPSA) is 149 Å². The Bertz CT molecular complexity index is 1830. The van der Waals surface area contributed by atoms with Crippen LogP contribution in [0.4, 0.5) is 22.0 Å². The summed E-state index contributed by atoms with van der Waals surface area (Å²) in [5, 5.41) is 13.7. The highest BCUT2D eigenvalue weighted by atomic mass is 19.4. The Morgan fingerprint density at radius 3 is 2.45 bits per heavy atom. The van der Waals surface area contributed by atoms with Gasteiger partial charge in [-0.15, -0.1) is 0 Å². The third-order valence-electron chi connectivity index (χ3n) is 8.00. The molecule has 4 atom stereocenters. The van der Waals surface area contributed by atoms with Gasteiger partial charge in [0, 0.05) is 28.6 Å². The van der Waals surface area contributed by atoms with Crippen molar-refractivity contribution in [1.29, 1.82) is 0 Å². The normalized spacial score (nSPS) is 21.5. The number of nitrogens with one attached hydrogen (secondary N) is 2. The Morgan fingerprint density at radius 2 is 1.84 bits per heavy atom. The highest BCUT2D eigenvalue weighted by Gasteiger charge is 2.78. The van der Waals surface area contributed by atoms with Gasteiger partial charge in [0.25, 0.3) is 5.91 Å². The molecule has 3 unspecified atom stereocenters. The van der Waals surface area contributed by atoms with Crippen LogP contribution in [0.15, 0.2) is 48.5 Å². The SMILES string of the molecule is COc1cc(OC)c2cc(C(=O)NCC(O)(c3cc4c(c(-c5ccc(F)cc5)n3)OC3C(F)[C@@]43C(N)=O)C(F)(F)F)[nH]c2c1. The van der Waals surface area contributed by atoms with Crippen molar-refractivity contribution in [3.63, 3.8) is 0 Å². The smallest absolute Gasteiger partial charge is 0.424 e. The Hall–Kier alpha value is -4.92. The summed E-state index contributed by atoms with van der Waals surface area (Å²) in [5.74, 6) is -2.38. The molecule has 44 heavy (non-hydrogen) atoms. The number of hydrogen-bond acceptors (Lipinski definition) is 7. The minimum atomic E-state index is -5.45. The van der Waals surface area contributed by atoms with Crippen LogP contribution in [0.1, 0.15) is 21.7 Å². The second kappa shape index (κ2) is 9.80. The molecule has 1 fully saturated rings. The summed E-state index contributed by atoms with van der Waals surface area (Å²) in [6, 6.07) is 9.53. The maximum absolute atomic E-state index is 14.8. The summed E-state index contributed by atoms with van der Waals surface area (Å²) in [6.07, 6.45) is -8.82. The third kappa shape index (κ3) is 4.13. The van der Waals surface area contributed by atoms with Crippen molar-refractivity contribution in [1.82, 2.24) is 15.3 Å². The van der Waals surface area contributed by atoms with E-state index in [-0.39, 0.29) is 28.3 Å². The van der Waals surface area contributed by atoms with Crippen molar-refractivity contribution in [3.8, 4) is 28.5 Å². The van der Waals surface area contributed by atoms with E-state index in [0.29, 0.717) is 28.5 Å². The number of ether oxygens (including phenoxy) is 3. The molecular weight excluding hydrogens is 595 g/mol. The van der Waals surface area contributed by atoms with Gasteiger partial charge >= 0.3 is 6.18 Å². The second-order valence-electron chi connectivity index (χ2n) is 10.4. The summed E-state index contributed by atoms with van der Waals surface area (Å²) in [7, 11) is 2.80. The average Bonchev–Trinajstić information content (AvgIpc) is 3.28. The summed E-state index contributed by atoms with van der Waals surface area (Å²) >= 11 is 0. The second-order valence-corrected chi connectivity index (χ2v) is 10.4. The minimum absolute atomic E-state index is 0.0526. The van der Waals surface area contributed by atoms with Crippen molar-refractivity contribution < 1.29 is 50.9 Å². The molecule has 2 aliphatic rings. The monoisotopic (exact) mass is 618 g/mol. The number of nitrogens with two attached hydrogens (primary N) is 1. The van der Waals surface area contributed by atoms with Crippen LogP contribution in [0.3, 0.4) is 0 Å². The molecule has 1 aliphatic carbocycles. The van der Waals surface area contributed by atoms with Crippen LogP contribution in [0.25, 0.3) is 22.2 Å². The van der Waals surface area contributed by atoms with E-state index in [0.717, 1.165) is 12.1 Å². The molecule has 1 aliphatic heterocycles. The first-order valence-corrected chi connectivity index (χ1v) is 13.0. The molecule has 0 radical (unpaired) electrons. The van der Waals surface area contributed by atoms with Crippen LogP contribution in [-0.2, 0) is 15.8 Å². The lowest BCUT2D eigenvalue weighted by Gasteiger charge is -2.31.